The van der Waals surface area contributed by atoms with Gasteiger partial charge in [-0.05, 0) is 51.1 Å². The lowest BCUT2D eigenvalue weighted by molar-refractivity contribution is 0.147. The molecule has 0 bridgehead atoms. The van der Waals surface area contributed by atoms with E-state index in [1.807, 2.05) is 0 Å². The minimum atomic E-state index is 0.307. The third-order valence-corrected chi connectivity index (χ3v) is 3.74. The zero-order valence-electron chi connectivity index (χ0n) is 11.6. The summed E-state index contributed by atoms with van der Waals surface area (Å²) in [5.41, 5.74) is 1.68. The summed E-state index contributed by atoms with van der Waals surface area (Å²) < 4.78 is 0. The molecule has 2 heteroatoms. The number of allylic oxidation sites excluding steroid dienone is 2. The molecule has 0 aromatic rings. The van der Waals surface area contributed by atoms with Gasteiger partial charge in [0.2, 0.25) is 0 Å². The Bertz CT molecular complexity index is 217. The van der Waals surface area contributed by atoms with E-state index in [2.05, 4.69) is 24.8 Å². The van der Waals surface area contributed by atoms with E-state index in [1.165, 1.54) is 51.6 Å². The maximum Gasteiger partial charge on any atom is 0.0558 e. The van der Waals surface area contributed by atoms with Crippen LogP contribution in [0.2, 0.25) is 0 Å². The number of aliphatic hydroxyl groups is 1. The average Bonchev–Trinajstić information content (AvgIpc) is 2.33. The zero-order valence-corrected chi connectivity index (χ0v) is 11.6. The second kappa shape index (κ2) is 8.71. The Kier molecular flexibility index (Phi) is 7.54. The molecule has 2 nitrogen and oxygen atoms in total. The lowest BCUT2D eigenvalue weighted by Crippen LogP contribution is -2.35. The van der Waals surface area contributed by atoms with Gasteiger partial charge in [0.1, 0.15) is 0 Å². The molecule has 1 aliphatic heterocycles. The third kappa shape index (κ3) is 5.69. The summed E-state index contributed by atoms with van der Waals surface area (Å²) in [6.45, 7) is 8.03. The molecule has 1 heterocycles. The lowest BCUT2D eigenvalue weighted by Gasteiger charge is -2.32. The van der Waals surface area contributed by atoms with Gasteiger partial charge in [-0.1, -0.05) is 31.9 Å². The molecule has 0 spiro atoms. The van der Waals surface area contributed by atoms with Crippen LogP contribution in [0.25, 0.3) is 0 Å². The summed E-state index contributed by atoms with van der Waals surface area (Å²) in [6.07, 6.45) is 10.1. The Hall–Kier alpha value is -0.340. The van der Waals surface area contributed by atoms with Gasteiger partial charge in [0.05, 0.1) is 6.61 Å². The quantitative estimate of drug-likeness (QED) is 0.690. The summed E-state index contributed by atoms with van der Waals surface area (Å²) in [5.74, 6) is 0.884. The number of β-amino-alcohol motifs (C(OH)–C–C–N with tert-alkyl or cyclic N) is 1. The van der Waals surface area contributed by atoms with Crippen LogP contribution in [0.15, 0.2) is 11.6 Å². The first-order chi connectivity index (χ1) is 8.30. The highest BCUT2D eigenvalue weighted by Gasteiger charge is 2.19. The molecule has 17 heavy (non-hydrogen) atoms. The Morgan fingerprint density at radius 1 is 1.29 bits per heavy atom. The number of hydrogen-bond donors (Lipinski definition) is 1. The predicted molar refractivity (Wildman–Crippen MR) is 74.1 cm³/mol. The van der Waals surface area contributed by atoms with Crippen LogP contribution >= 0.6 is 0 Å². The maximum atomic E-state index is 8.92. The second-order valence-corrected chi connectivity index (χ2v) is 5.23. The summed E-state index contributed by atoms with van der Waals surface area (Å²) >= 11 is 0. The van der Waals surface area contributed by atoms with E-state index in [0.717, 1.165) is 12.5 Å². The Morgan fingerprint density at radius 2 is 2.00 bits per heavy atom. The minimum absolute atomic E-state index is 0.307. The summed E-state index contributed by atoms with van der Waals surface area (Å²) in [4.78, 5) is 2.39. The van der Waals surface area contributed by atoms with Gasteiger partial charge >= 0.3 is 0 Å². The van der Waals surface area contributed by atoms with Gasteiger partial charge in [-0.15, -0.1) is 0 Å². The number of aliphatic hydroxyl groups excluding tert-OH is 1. The number of likely N-dealkylation sites (tertiary alicyclic amines) is 1. The fraction of sp³-hybridized carbons (Fsp3) is 0.867. The summed E-state index contributed by atoms with van der Waals surface area (Å²) in [7, 11) is 0. The highest BCUT2D eigenvalue weighted by atomic mass is 16.3. The molecule has 0 unspecified atom stereocenters. The monoisotopic (exact) mass is 239 g/mol. The molecule has 1 rings (SSSR count). The smallest absolute Gasteiger partial charge is 0.0558 e. The fourth-order valence-corrected chi connectivity index (χ4v) is 2.82. The molecular weight excluding hydrogens is 210 g/mol. The first-order valence-corrected chi connectivity index (χ1v) is 7.31. The highest BCUT2D eigenvalue weighted by molar-refractivity contribution is 5.03. The molecule has 0 aromatic heterocycles. The molecule has 0 radical (unpaired) electrons. The summed E-state index contributed by atoms with van der Waals surface area (Å²) in [5, 5.41) is 8.92. The first-order valence-electron chi connectivity index (χ1n) is 7.31. The van der Waals surface area contributed by atoms with E-state index >= 15 is 0 Å². The van der Waals surface area contributed by atoms with Crippen molar-refractivity contribution in [1.29, 1.82) is 0 Å². The largest absolute Gasteiger partial charge is 0.395 e. The van der Waals surface area contributed by atoms with Gasteiger partial charge in [-0.25, -0.2) is 0 Å². The Labute approximate surface area is 107 Å². The van der Waals surface area contributed by atoms with Gasteiger partial charge < -0.3 is 10.0 Å². The SMILES string of the molecule is CCC=C(CCC)CC1CCN(CCO)CC1. The van der Waals surface area contributed by atoms with Crippen molar-refractivity contribution in [2.75, 3.05) is 26.2 Å². The highest BCUT2D eigenvalue weighted by Crippen LogP contribution is 2.26. The van der Waals surface area contributed by atoms with E-state index in [1.54, 1.807) is 5.57 Å². The minimum Gasteiger partial charge on any atom is -0.395 e. The maximum absolute atomic E-state index is 8.92. The standard InChI is InChI=1S/C15H29NO/c1-3-5-14(6-4-2)13-15-7-9-16(10-8-15)11-12-17/h5,15,17H,3-4,6-13H2,1-2H3. The van der Waals surface area contributed by atoms with E-state index in [9.17, 15) is 0 Å². The van der Waals surface area contributed by atoms with Crippen molar-refractivity contribution in [2.24, 2.45) is 5.92 Å². The Balaban J connectivity index is 2.30. The van der Waals surface area contributed by atoms with Crippen LogP contribution in [-0.2, 0) is 0 Å². The van der Waals surface area contributed by atoms with Crippen molar-refractivity contribution in [1.82, 2.24) is 4.90 Å². The second-order valence-electron chi connectivity index (χ2n) is 5.23. The van der Waals surface area contributed by atoms with Crippen LogP contribution in [0, 0.1) is 5.92 Å². The average molecular weight is 239 g/mol. The van der Waals surface area contributed by atoms with Crippen molar-refractivity contribution in [2.45, 2.75) is 52.4 Å². The first kappa shape index (κ1) is 14.7. The topological polar surface area (TPSA) is 23.5 Å². The molecule has 1 fully saturated rings. The molecule has 0 aliphatic carbocycles. The molecular formula is C15H29NO. The molecule has 1 saturated heterocycles. The lowest BCUT2D eigenvalue weighted by atomic mass is 9.88. The predicted octanol–water partition coefficient (Wildman–Crippen LogP) is 3.22. The normalized spacial score (nSPS) is 19.8. The van der Waals surface area contributed by atoms with Gasteiger partial charge in [0.15, 0.2) is 0 Å². The van der Waals surface area contributed by atoms with Crippen LogP contribution in [0.4, 0.5) is 0 Å². The molecule has 0 aromatic carbocycles. The number of rotatable bonds is 7. The number of piperidine rings is 1. The zero-order chi connectivity index (χ0) is 12.5. The molecule has 1 aliphatic rings. The van der Waals surface area contributed by atoms with Crippen LogP contribution < -0.4 is 0 Å². The summed E-state index contributed by atoms with van der Waals surface area (Å²) in [6, 6.07) is 0. The fourth-order valence-electron chi connectivity index (χ4n) is 2.82. The molecule has 0 atom stereocenters. The number of nitrogens with zero attached hydrogens (tertiary/aromatic N) is 1. The van der Waals surface area contributed by atoms with Crippen LogP contribution in [-0.4, -0.2) is 36.2 Å². The van der Waals surface area contributed by atoms with Crippen LogP contribution in [0.3, 0.4) is 0 Å². The Morgan fingerprint density at radius 3 is 2.53 bits per heavy atom. The van der Waals surface area contributed by atoms with Crippen molar-refractivity contribution < 1.29 is 5.11 Å². The van der Waals surface area contributed by atoms with Crippen molar-refractivity contribution in [3.63, 3.8) is 0 Å². The molecule has 0 amide bonds. The van der Waals surface area contributed by atoms with Crippen LogP contribution in [0.5, 0.6) is 0 Å². The van der Waals surface area contributed by atoms with E-state index in [-0.39, 0.29) is 0 Å². The van der Waals surface area contributed by atoms with Crippen molar-refractivity contribution >= 4 is 0 Å². The van der Waals surface area contributed by atoms with Gasteiger partial charge in [-0.3, -0.25) is 0 Å². The van der Waals surface area contributed by atoms with Gasteiger partial charge in [0.25, 0.3) is 0 Å². The van der Waals surface area contributed by atoms with Crippen molar-refractivity contribution in [3.8, 4) is 0 Å². The van der Waals surface area contributed by atoms with E-state index in [4.69, 9.17) is 5.11 Å². The molecule has 1 N–H and O–H groups in total. The van der Waals surface area contributed by atoms with Gasteiger partial charge in [-0.2, -0.15) is 0 Å². The van der Waals surface area contributed by atoms with E-state index < -0.39 is 0 Å². The third-order valence-electron chi connectivity index (χ3n) is 3.74. The van der Waals surface area contributed by atoms with Gasteiger partial charge in [0, 0.05) is 6.54 Å². The van der Waals surface area contributed by atoms with E-state index in [0.29, 0.717) is 6.61 Å². The number of hydrogen-bond acceptors (Lipinski definition) is 2. The molecule has 0 saturated carbocycles. The van der Waals surface area contributed by atoms with Crippen molar-refractivity contribution in [3.05, 3.63) is 11.6 Å². The molecule has 100 valence electrons. The van der Waals surface area contributed by atoms with Crippen LogP contribution in [0.1, 0.15) is 52.4 Å².